The molecule has 1 aromatic carbocycles. The van der Waals surface area contributed by atoms with Crippen molar-refractivity contribution in [2.24, 2.45) is 0 Å². The highest BCUT2D eigenvalue weighted by Gasteiger charge is 2.49. The third kappa shape index (κ3) is 3.28. The van der Waals surface area contributed by atoms with E-state index in [1.54, 1.807) is 12.3 Å². The summed E-state index contributed by atoms with van der Waals surface area (Å²) in [5.41, 5.74) is -1.29. The lowest BCUT2D eigenvalue weighted by Crippen LogP contribution is -2.67. The Bertz CT molecular complexity index is 1080. The summed E-state index contributed by atoms with van der Waals surface area (Å²) >= 11 is 4.73. The lowest BCUT2D eigenvalue weighted by Gasteiger charge is -2.47. The predicted octanol–water partition coefficient (Wildman–Crippen LogP) is 4.01. The van der Waals surface area contributed by atoms with Gasteiger partial charge in [-0.25, -0.2) is 4.98 Å². The number of hydrogen-bond donors (Lipinski definition) is 2. The lowest BCUT2D eigenvalue weighted by atomic mass is 9.92. The van der Waals surface area contributed by atoms with Crippen LogP contribution in [0.4, 0.5) is 14.8 Å². The van der Waals surface area contributed by atoms with Crippen LogP contribution in [0.5, 0.6) is 5.75 Å². The SMILES string of the molecule is CC(C)(O)C(F)(F)Oc1c(Br)cc(-c2nccs2)c2oc(N3CC4CC(C3)N4)nc12. The number of halogens is 3. The molecule has 3 saturated heterocycles. The molecule has 0 aliphatic carbocycles. The van der Waals surface area contributed by atoms with Crippen LogP contribution in [0.3, 0.4) is 0 Å². The summed E-state index contributed by atoms with van der Waals surface area (Å²) in [6.07, 6.45) is -1.08. The number of piperazine rings is 1. The normalized spacial score (nSPS) is 21.7. The van der Waals surface area contributed by atoms with Gasteiger partial charge in [0.25, 0.3) is 6.01 Å². The summed E-state index contributed by atoms with van der Waals surface area (Å²) in [6.45, 7) is 3.44. The summed E-state index contributed by atoms with van der Waals surface area (Å²) in [5.74, 6) is -0.187. The Balaban J connectivity index is 1.64. The van der Waals surface area contributed by atoms with E-state index in [1.165, 1.54) is 11.3 Å². The molecule has 0 amide bonds. The van der Waals surface area contributed by atoms with E-state index in [0.717, 1.165) is 33.4 Å². The first-order valence-corrected chi connectivity index (χ1v) is 11.1. The van der Waals surface area contributed by atoms with Crippen molar-refractivity contribution in [2.75, 3.05) is 18.0 Å². The van der Waals surface area contributed by atoms with Crippen molar-refractivity contribution in [3.63, 3.8) is 0 Å². The Hall–Kier alpha value is -1.82. The Labute approximate surface area is 183 Å². The largest absolute Gasteiger partial charge is 0.427 e. The van der Waals surface area contributed by atoms with Gasteiger partial charge in [-0.1, -0.05) is 0 Å². The van der Waals surface area contributed by atoms with Gasteiger partial charge in [-0.2, -0.15) is 13.8 Å². The minimum atomic E-state index is -3.85. The zero-order valence-electron chi connectivity index (χ0n) is 16.2. The van der Waals surface area contributed by atoms with E-state index in [0.29, 0.717) is 34.3 Å². The van der Waals surface area contributed by atoms with Gasteiger partial charge in [-0.05, 0) is 42.3 Å². The second-order valence-corrected chi connectivity index (χ2v) is 9.87. The zero-order chi connectivity index (χ0) is 21.3. The number of thiazole rings is 1. The highest BCUT2D eigenvalue weighted by Crippen LogP contribution is 2.45. The van der Waals surface area contributed by atoms with Gasteiger partial charge in [-0.15, -0.1) is 11.3 Å². The van der Waals surface area contributed by atoms with Crippen molar-refractivity contribution >= 4 is 44.4 Å². The molecule has 11 heteroatoms. The number of piperidine rings is 1. The fraction of sp³-hybridized carbons (Fsp3) is 0.474. The van der Waals surface area contributed by atoms with Crippen LogP contribution in [0.25, 0.3) is 21.7 Å². The molecular weight excluding hydrogens is 482 g/mol. The lowest BCUT2D eigenvalue weighted by molar-refractivity contribution is -0.276. The summed E-state index contributed by atoms with van der Waals surface area (Å²) < 4.78 is 40.4. The molecule has 6 rings (SSSR count). The number of alkyl halides is 2. The highest BCUT2D eigenvalue weighted by molar-refractivity contribution is 9.10. The minimum Gasteiger partial charge on any atom is -0.427 e. The number of fused-ring (bicyclic) bond motifs is 3. The molecule has 2 aromatic heterocycles. The molecule has 7 nitrogen and oxygen atoms in total. The number of nitrogens with zero attached hydrogens (tertiary/aromatic N) is 3. The van der Waals surface area contributed by atoms with Crippen LogP contribution < -0.4 is 15.0 Å². The maximum absolute atomic E-state index is 14.5. The number of aliphatic hydroxyl groups is 1. The molecule has 3 fully saturated rings. The summed E-state index contributed by atoms with van der Waals surface area (Å²) in [5, 5.41) is 15.8. The molecule has 3 aliphatic heterocycles. The van der Waals surface area contributed by atoms with E-state index in [1.807, 2.05) is 10.3 Å². The van der Waals surface area contributed by atoms with Gasteiger partial charge in [0, 0.05) is 36.8 Å². The average Bonchev–Trinajstić information content (AvgIpc) is 3.32. The third-order valence-electron chi connectivity index (χ3n) is 5.36. The van der Waals surface area contributed by atoms with Crippen molar-refractivity contribution in [1.82, 2.24) is 15.3 Å². The van der Waals surface area contributed by atoms with Gasteiger partial charge < -0.3 is 24.5 Å². The highest BCUT2D eigenvalue weighted by atomic mass is 79.9. The first kappa shape index (κ1) is 20.1. The van der Waals surface area contributed by atoms with Gasteiger partial charge >= 0.3 is 6.11 Å². The fourth-order valence-corrected chi connectivity index (χ4v) is 4.84. The summed E-state index contributed by atoms with van der Waals surface area (Å²) in [4.78, 5) is 10.9. The molecule has 2 atom stereocenters. The average molecular weight is 501 g/mol. The number of benzene rings is 1. The van der Waals surface area contributed by atoms with Gasteiger partial charge in [0.2, 0.25) is 0 Å². The van der Waals surface area contributed by atoms with Crippen molar-refractivity contribution in [3.8, 4) is 16.3 Å². The van der Waals surface area contributed by atoms with E-state index in [-0.39, 0.29) is 15.7 Å². The topological polar surface area (TPSA) is 83.7 Å². The molecule has 0 radical (unpaired) electrons. The van der Waals surface area contributed by atoms with Crippen LogP contribution in [0.15, 0.2) is 26.5 Å². The molecule has 160 valence electrons. The summed E-state index contributed by atoms with van der Waals surface area (Å²) in [6, 6.07) is 2.73. The second kappa shape index (κ2) is 6.84. The molecule has 0 spiro atoms. The predicted molar refractivity (Wildman–Crippen MR) is 112 cm³/mol. The van der Waals surface area contributed by atoms with E-state index in [4.69, 9.17) is 9.15 Å². The molecule has 2 N–H and O–H groups in total. The molecule has 0 saturated carbocycles. The number of oxazole rings is 1. The van der Waals surface area contributed by atoms with Crippen LogP contribution in [0.1, 0.15) is 20.3 Å². The standard InChI is InChI=1S/C19H19BrF2N4O3S/c1-18(2,27)19(21,22)29-15-12(20)6-11(16-23-3-4-30-16)14-13(15)25-17(28-14)26-7-9-5-10(8-26)24-9/h3-4,6,9-10,24,27H,5,7-8H2,1-2H3. The Morgan fingerprint density at radius 1 is 1.37 bits per heavy atom. The molecule has 3 aromatic rings. The first-order chi connectivity index (χ1) is 14.1. The van der Waals surface area contributed by atoms with Gasteiger partial charge in [0.05, 0.1) is 10.0 Å². The van der Waals surface area contributed by atoms with Crippen molar-refractivity contribution in [3.05, 3.63) is 22.1 Å². The summed E-state index contributed by atoms with van der Waals surface area (Å²) in [7, 11) is 0. The molecule has 5 heterocycles. The number of aromatic nitrogens is 2. The van der Waals surface area contributed by atoms with Crippen LogP contribution in [-0.4, -0.2) is 52.0 Å². The number of ether oxygens (including phenoxy) is 1. The van der Waals surface area contributed by atoms with E-state index in [2.05, 4.69) is 31.2 Å². The number of hydrogen-bond acceptors (Lipinski definition) is 8. The Morgan fingerprint density at radius 2 is 2.07 bits per heavy atom. The van der Waals surface area contributed by atoms with Crippen LogP contribution >= 0.6 is 27.3 Å². The Morgan fingerprint density at radius 3 is 2.67 bits per heavy atom. The molecule has 2 unspecified atom stereocenters. The monoisotopic (exact) mass is 500 g/mol. The van der Waals surface area contributed by atoms with E-state index < -0.39 is 11.7 Å². The smallest absolute Gasteiger partial charge is 0.426 e. The van der Waals surface area contributed by atoms with Crippen LogP contribution in [0.2, 0.25) is 0 Å². The molecule has 30 heavy (non-hydrogen) atoms. The van der Waals surface area contributed by atoms with Gasteiger partial charge in [0.15, 0.2) is 22.5 Å². The minimum absolute atomic E-state index is 0.153. The molecule has 2 bridgehead atoms. The van der Waals surface area contributed by atoms with Gasteiger partial charge in [0.1, 0.15) is 5.01 Å². The first-order valence-electron chi connectivity index (χ1n) is 9.45. The molecule has 3 aliphatic rings. The van der Waals surface area contributed by atoms with Crippen LogP contribution in [0, 0.1) is 0 Å². The fourth-order valence-electron chi connectivity index (χ4n) is 3.69. The van der Waals surface area contributed by atoms with E-state index in [9.17, 15) is 13.9 Å². The van der Waals surface area contributed by atoms with Crippen molar-refractivity contribution in [1.29, 1.82) is 0 Å². The number of rotatable bonds is 5. The van der Waals surface area contributed by atoms with E-state index >= 15 is 0 Å². The van der Waals surface area contributed by atoms with Crippen molar-refractivity contribution < 1.29 is 23.0 Å². The Kier molecular flexibility index (Phi) is 4.58. The maximum atomic E-state index is 14.5. The second-order valence-electron chi connectivity index (χ2n) is 8.13. The van der Waals surface area contributed by atoms with Gasteiger partial charge in [-0.3, -0.25) is 0 Å². The van der Waals surface area contributed by atoms with Crippen molar-refractivity contribution in [2.45, 2.75) is 44.1 Å². The third-order valence-corrected chi connectivity index (χ3v) is 6.76. The number of anilines is 1. The molecular formula is C19H19BrF2N4O3S. The zero-order valence-corrected chi connectivity index (χ0v) is 18.6. The van der Waals surface area contributed by atoms with Crippen LogP contribution in [-0.2, 0) is 0 Å². The maximum Gasteiger partial charge on any atom is 0.426 e. The quantitative estimate of drug-likeness (QED) is 0.547. The number of nitrogens with one attached hydrogen (secondary N) is 1.